The summed E-state index contributed by atoms with van der Waals surface area (Å²) in [4.78, 5) is 8.79. The predicted molar refractivity (Wildman–Crippen MR) is 80.7 cm³/mol. The third-order valence-corrected chi connectivity index (χ3v) is 4.22. The lowest BCUT2D eigenvalue weighted by Crippen LogP contribution is -1.99. The summed E-state index contributed by atoms with van der Waals surface area (Å²) in [5, 5.41) is 1.31. The van der Waals surface area contributed by atoms with Crippen molar-refractivity contribution in [3.8, 4) is 11.4 Å². The summed E-state index contributed by atoms with van der Waals surface area (Å²) in [5.74, 6) is 0.523. The largest absolute Gasteiger partial charge is 0.464 e. The number of hydrogen-bond acceptors (Lipinski definition) is 4. The van der Waals surface area contributed by atoms with E-state index in [2.05, 4.69) is 25.9 Å². The molecule has 6 heteroatoms. The van der Waals surface area contributed by atoms with Crippen LogP contribution in [0.25, 0.3) is 22.4 Å². The normalized spacial score (nSPS) is 11.2. The number of para-hydroxylation sites is 1. The second-order valence-electron chi connectivity index (χ2n) is 4.18. The number of furan rings is 1. The van der Waals surface area contributed by atoms with Gasteiger partial charge in [-0.05, 0) is 22.0 Å². The molecule has 2 heterocycles. The van der Waals surface area contributed by atoms with Crippen molar-refractivity contribution in [2.24, 2.45) is 0 Å². The fourth-order valence-electron chi connectivity index (χ4n) is 1.97. The van der Waals surface area contributed by atoms with Gasteiger partial charge >= 0.3 is 0 Å². The van der Waals surface area contributed by atoms with Crippen molar-refractivity contribution in [3.05, 3.63) is 45.8 Å². The number of rotatable bonds is 3. The maximum Gasteiger partial charge on any atom is 0.165 e. The summed E-state index contributed by atoms with van der Waals surface area (Å²) in [7, 11) is 1.61. The summed E-state index contributed by atoms with van der Waals surface area (Å²) < 4.78 is 11.3. The second-order valence-corrected chi connectivity index (χ2v) is 5.33. The maximum atomic E-state index is 6.14. The number of ether oxygens (including phenoxy) is 1. The van der Waals surface area contributed by atoms with Crippen LogP contribution in [0.1, 0.15) is 5.69 Å². The highest BCUT2D eigenvalue weighted by Crippen LogP contribution is 2.32. The lowest BCUT2D eigenvalue weighted by molar-refractivity contribution is 0.181. The van der Waals surface area contributed by atoms with Crippen LogP contribution in [-0.2, 0) is 11.3 Å². The van der Waals surface area contributed by atoms with Crippen molar-refractivity contribution in [1.29, 1.82) is 0 Å². The minimum Gasteiger partial charge on any atom is -0.464 e. The highest BCUT2D eigenvalue weighted by atomic mass is 79.9. The first kappa shape index (κ1) is 13.5. The van der Waals surface area contributed by atoms with E-state index in [9.17, 15) is 0 Å². The highest BCUT2D eigenvalue weighted by molar-refractivity contribution is 9.10. The van der Waals surface area contributed by atoms with Crippen LogP contribution in [0.2, 0.25) is 5.15 Å². The Morgan fingerprint density at radius 1 is 1.30 bits per heavy atom. The molecular weight excluding hydrogens is 344 g/mol. The van der Waals surface area contributed by atoms with Crippen molar-refractivity contribution in [3.63, 3.8) is 0 Å². The van der Waals surface area contributed by atoms with E-state index < -0.39 is 0 Å². The van der Waals surface area contributed by atoms with Gasteiger partial charge in [0.1, 0.15) is 17.0 Å². The Kier molecular flexibility index (Phi) is 3.74. The van der Waals surface area contributed by atoms with Gasteiger partial charge in [0.05, 0.1) is 22.3 Å². The lowest BCUT2D eigenvalue weighted by Gasteiger charge is -2.06. The zero-order valence-corrected chi connectivity index (χ0v) is 12.9. The van der Waals surface area contributed by atoms with Gasteiger partial charge in [-0.15, -0.1) is 0 Å². The summed E-state index contributed by atoms with van der Waals surface area (Å²) in [6, 6.07) is 7.72. The smallest absolute Gasteiger partial charge is 0.165 e. The molecule has 0 atom stereocenters. The first-order valence-electron chi connectivity index (χ1n) is 5.88. The highest BCUT2D eigenvalue weighted by Gasteiger charge is 2.15. The Balaban J connectivity index is 2.19. The van der Waals surface area contributed by atoms with Crippen LogP contribution in [-0.4, -0.2) is 17.1 Å². The standard InChI is InChI=1S/C14H10BrClN2O2/c1-19-7-10-12(15)13(16)18-14(17-10)9-6-20-11-5-3-2-4-8(9)11/h2-6H,7H2,1H3. The molecule has 1 aromatic carbocycles. The molecule has 4 nitrogen and oxygen atoms in total. The molecule has 0 fully saturated rings. The first-order valence-corrected chi connectivity index (χ1v) is 7.05. The van der Waals surface area contributed by atoms with E-state index in [-0.39, 0.29) is 0 Å². The Hall–Kier alpha value is -1.43. The quantitative estimate of drug-likeness (QED) is 0.653. The summed E-state index contributed by atoms with van der Waals surface area (Å²) in [6.07, 6.45) is 1.64. The van der Waals surface area contributed by atoms with E-state index in [1.54, 1.807) is 13.4 Å². The van der Waals surface area contributed by atoms with Crippen molar-refractivity contribution in [2.45, 2.75) is 6.61 Å². The number of fused-ring (bicyclic) bond motifs is 1. The fraction of sp³-hybridized carbons (Fsp3) is 0.143. The molecule has 102 valence electrons. The third-order valence-electron chi connectivity index (χ3n) is 2.88. The summed E-state index contributed by atoms with van der Waals surface area (Å²) >= 11 is 9.51. The minimum atomic E-state index is 0.353. The van der Waals surface area contributed by atoms with E-state index in [1.807, 2.05) is 24.3 Å². The predicted octanol–water partition coefficient (Wildman–Crippen LogP) is 4.45. The topological polar surface area (TPSA) is 48.2 Å². The van der Waals surface area contributed by atoms with E-state index in [0.29, 0.717) is 27.8 Å². The van der Waals surface area contributed by atoms with Gasteiger partial charge in [0.25, 0.3) is 0 Å². The van der Waals surface area contributed by atoms with Gasteiger partial charge in [-0.3, -0.25) is 0 Å². The molecule has 0 aliphatic carbocycles. The van der Waals surface area contributed by atoms with Crippen LogP contribution in [0.3, 0.4) is 0 Å². The molecule has 0 amide bonds. The Labute approximate surface area is 128 Å². The van der Waals surface area contributed by atoms with E-state index >= 15 is 0 Å². The molecule has 20 heavy (non-hydrogen) atoms. The average molecular weight is 354 g/mol. The summed E-state index contributed by atoms with van der Waals surface area (Å²) in [6.45, 7) is 0.353. The van der Waals surface area contributed by atoms with Crippen molar-refractivity contribution < 1.29 is 9.15 Å². The molecule has 0 aliphatic rings. The Morgan fingerprint density at radius 3 is 2.90 bits per heavy atom. The number of hydrogen-bond donors (Lipinski definition) is 0. The minimum absolute atomic E-state index is 0.353. The molecule has 3 aromatic rings. The van der Waals surface area contributed by atoms with Crippen LogP contribution in [0, 0.1) is 0 Å². The third kappa shape index (κ3) is 2.32. The molecular formula is C14H10BrClN2O2. The Bertz CT molecular complexity index is 773. The van der Waals surface area contributed by atoms with Gasteiger partial charge < -0.3 is 9.15 Å². The number of methoxy groups -OCH3 is 1. The van der Waals surface area contributed by atoms with Gasteiger partial charge in [-0.1, -0.05) is 29.8 Å². The SMILES string of the molecule is COCc1nc(-c2coc3ccccc23)nc(Cl)c1Br. The molecule has 0 spiro atoms. The molecule has 2 aromatic heterocycles. The molecule has 0 unspecified atom stereocenters. The zero-order chi connectivity index (χ0) is 14.1. The number of aromatic nitrogens is 2. The van der Waals surface area contributed by atoms with Crippen molar-refractivity contribution in [2.75, 3.05) is 7.11 Å². The Morgan fingerprint density at radius 2 is 2.10 bits per heavy atom. The molecule has 0 N–H and O–H groups in total. The molecule has 0 aliphatic heterocycles. The van der Waals surface area contributed by atoms with Gasteiger partial charge in [0.2, 0.25) is 0 Å². The van der Waals surface area contributed by atoms with E-state index in [4.69, 9.17) is 20.8 Å². The maximum absolute atomic E-state index is 6.14. The van der Waals surface area contributed by atoms with E-state index in [0.717, 1.165) is 16.5 Å². The first-order chi connectivity index (χ1) is 9.70. The van der Waals surface area contributed by atoms with E-state index in [1.165, 1.54) is 0 Å². The number of nitrogens with zero attached hydrogens (tertiary/aromatic N) is 2. The van der Waals surface area contributed by atoms with Crippen LogP contribution >= 0.6 is 27.5 Å². The van der Waals surface area contributed by atoms with Gasteiger partial charge in [0, 0.05) is 12.5 Å². The number of halogens is 2. The van der Waals surface area contributed by atoms with Crippen LogP contribution in [0.4, 0.5) is 0 Å². The monoisotopic (exact) mass is 352 g/mol. The summed E-state index contributed by atoms with van der Waals surface area (Å²) in [5.41, 5.74) is 2.30. The molecule has 3 rings (SSSR count). The molecule has 0 saturated carbocycles. The second kappa shape index (κ2) is 5.52. The zero-order valence-electron chi connectivity index (χ0n) is 10.6. The van der Waals surface area contributed by atoms with Gasteiger partial charge in [-0.2, -0.15) is 0 Å². The molecule has 0 saturated heterocycles. The average Bonchev–Trinajstić information content (AvgIpc) is 2.88. The van der Waals surface area contributed by atoms with Crippen molar-refractivity contribution >= 4 is 38.5 Å². The van der Waals surface area contributed by atoms with Crippen LogP contribution in [0.5, 0.6) is 0 Å². The molecule has 0 radical (unpaired) electrons. The number of benzene rings is 1. The van der Waals surface area contributed by atoms with Crippen LogP contribution in [0.15, 0.2) is 39.4 Å². The fourth-order valence-corrected chi connectivity index (χ4v) is 2.45. The van der Waals surface area contributed by atoms with Crippen LogP contribution < -0.4 is 0 Å². The lowest BCUT2D eigenvalue weighted by atomic mass is 10.1. The van der Waals surface area contributed by atoms with Crippen molar-refractivity contribution in [1.82, 2.24) is 9.97 Å². The van der Waals surface area contributed by atoms with Gasteiger partial charge in [-0.25, -0.2) is 9.97 Å². The molecule has 0 bridgehead atoms. The van der Waals surface area contributed by atoms with Gasteiger partial charge in [0.15, 0.2) is 5.82 Å².